The predicted molar refractivity (Wildman–Crippen MR) is 78.4 cm³/mol. The van der Waals surface area contributed by atoms with E-state index >= 15 is 0 Å². The van der Waals surface area contributed by atoms with Gasteiger partial charge in [0.05, 0.1) is 12.2 Å². The molecule has 0 atom stereocenters. The van der Waals surface area contributed by atoms with Crippen LogP contribution in [-0.2, 0) is 11.2 Å². The van der Waals surface area contributed by atoms with Crippen LogP contribution in [0.3, 0.4) is 0 Å². The SMILES string of the molecule is CC(C)CCOC(=O)c1ccc(CCN(C)C)cc1. The van der Waals surface area contributed by atoms with Crippen molar-refractivity contribution in [2.75, 3.05) is 27.2 Å². The third-order valence-electron chi connectivity index (χ3n) is 2.97. The quantitative estimate of drug-likeness (QED) is 0.708. The van der Waals surface area contributed by atoms with Gasteiger partial charge in [-0.1, -0.05) is 26.0 Å². The second-order valence-electron chi connectivity index (χ2n) is 5.57. The number of hydrogen-bond acceptors (Lipinski definition) is 3. The van der Waals surface area contributed by atoms with Crippen molar-refractivity contribution in [3.05, 3.63) is 35.4 Å². The first-order valence-corrected chi connectivity index (χ1v) is 6.90. The molecule has 1 aromatic rings. The Morgan fingerprint density at radius 1 is 1.21 bits per heavy atom. The average molecular weight is 263 g/mol. The van der Waals surface area contributed by atoms with E-state index in [9.17, 15) is 4.79 Å². The lowest BCUT2D eigenvalue weighted by atomic mass is 10.1. The van der Waals surface area contributed by atoms with Crippen LogP contribution in [-0.4, -0.2) is 38.1 Å². The molecule has 0 heterocycles. The monoisotopic (exact) mass is 263 g/mol. The number of nitrogens with zero attached hydrogens (tertiary/aromatic N) is 1. The van der Waals surface area contributed by atoms with Crippen LogP contribution in [0.5, 0.6) is 0 Å². The largest absolute Gasteiger partial charge is 0.462 e. The number of benzene rings is 1. The van der Waals surface area contributed by atoms with E-state index in [1.54, 1.807) is 0 Å². The molecule has 0 aliphatic rings. The molecule has 0 aromatic heterocycles. The minimum atomic E-state index is -0.222. The second-order valence-corrected chi connectivity index (χ2v) is 5.57. The van der Waals surface area contributed by atoms with Crippen molar-refractivity contribution in [1.29, 1.82) is 0 Å². The zero-order chi connectivity index (χ0) is 14.3. The van der Waals surface area contributed by atoms with Crippen LogP contribution in [0.4, 0.5) is 0 Å². The van der Waals surface area contributed by atoms with Gasteiger partial charge in [-0.25, -0.2) is 4.79 Å². The highest BCUT2D eigenvalue weighted by Gasteiger charge is 2.07. The first-order chi connectivity index (χ1) is 8.99. The third-order valence-corrected chi connectivity index (χ3v) is 2.97. The highest BCUT2D eigenvalue weighted by atomic mass is 16.5. The maximum absolute atomic E-state index is 11.8. The van der Waals surface area contributed by atoms with Gasteiger partial charge in [0.2, 0.25) is 0 Å². The summed E-state index contributed by atoms with van der Waals surface area (Å²) in [6, 6.07) is 7.70. The van der Waals surface area contributed by atoms with Crippen LogP contribution < -0.4 is 0 Å². The highest BCUT2D eigenvalue weighted by molar-refractivity contribution is 5.89. The number of hydrogen-bond donors (Lipinski definition) is 0. The maximum Gasteiger partial charge on any atom is 0.338 e. The summed E-state index contributed by atoms with van der Waals surface area (Å²) in [5.41, 5.74) is 1.88. The Hall–Kier alpha value is -1.35. The lowest BCUT2D eigenvalue weighted by Crippen LogP contribution is -2.15. The summed E-state index contributed by atoms with van der Waals surface area (Å²) in [6.45, 7) is 5.75. The van der Waals surface area contributed by atoms with Crippen LogP contribution >= 0.6 is 0 Å². The highest BCUT2D eigenvalue weighted by Crippen LogP contribution is 2.08. The van der Waals surface area contributed by atoms with E-state index in [-0.39, 0.29) is 5.97 Å². The molecule has 0 saturated carbocycles. The Balaban J connectivity index is 2.44. The summed E-state index contributed by atoms with van der Waals surface area (Å²) in [5.74, 6) is 0.334. The van der Waals surface area contributed by atoms with Crippen molar-refractivity contribution in [3.63, 3.8) is 0 Å². The van der Waals surface area contributed by atoms with Crippen LogP contribution in [0.2, 0.25) is 0 Å². The van der Waals surface area contributed by atoms with Crippen LogP contribution in [0, 0.1) is 5.92 Å². The van der Waals surface area contributed by atoms with Crippen LogP contribution in [0.15, 0.2) is 24.3 Å². The van der Waals surface area contributed by atoms with Crippen molar-refractivity contribution in [3.8, 4) is 0 Å². The zero-order valence-electron chi connectivity index (χ0n) is 12.5. The Kier molecular flexibility index (Phi) is 6.57. The molecule has 0 unspecified atom stereocenters. The molecule has 0 fully saturated rings. The number of esters is 1. The molecule has 0 radical (unpaired) electrons. The molecular formula is C16H25NO2. The van der Waals surface area contributed by atoms with Gasteiger partial charge in [-0.15, -0.1) is 0 Å². The van der Waals surface area contributed by atoms with Crippen LogP contribution in [0.1, 0.15) is 36.2 Å². The Morgan fingerprint density at radius 2 is 1.84 bits per heavy atom. The minimum absolute atomic E-state index is 0.222. The molecule has 0 aliphatic carbocycles. The van der Waals surface area contributed by atoms with Crippen LogP contribution in [0.25, 0.3) is 0 Å². The summed E-state index contributed by atoms with van der Waals surface area (Å²) in [6.07, 6.45) is 1.91. The number of ether oxygens (including phenoxy) is 1. The summed E-state index contributed by atoms with van der Waals surface area (Å²) < 4.78 is 5.23. The van der Waals surface area contributed by atoms with Crippen molar-refractivity contribution in [1.82, 2.24) is 4.90 Å². The first kappa shape index (κ1) is 15.7. The van der Waals surface area contributed by atoms with E-state index in [4.69, 9.17) is 4.74 Å². The van der Waals surface area contributed by atoms with E-state index in [2.05, 4.69) is 32.8 Å². The van der Waals surface area contributed by atoms with E-state index in [0.717, 1.165) is 19.4 Å². The maximum atomic E-state index is 11.8. The molecular weight excluding hydrogens is 238 g/mol. The summed E-state index contributed by atoms with van der Waals surface area (Å²) in [5, 5.41) is 0. The fourth-order valence-corrected chi connectivity index (χ4v) is 1.63. The Morgan fingerprint density at radius 3 is 2.37 bits per heavy atom. The van der Waals surface area contributed by atoms with Gasteiger partial charge >= 0.3 is 5.97 Å². The molecule has 19 heavy (non-hydrogen) atoms. The topological polar surface area (TPSA) is 29.5 Å². The molecule has 1 rings (SSSR count). The van der Waals surface area contributed by atoms with Crippen molar-refractivity contribution in [2.45, 2.75) is 26.7 Å². The van der Waals surface area contributed by atoms with Crippen molar-refractivity contribution in [2.24, 2.45) is 5.92 Å². The standard InChI is InChI=1S/C16H25NO2/c1-13(2)10-12-19-16(18)15-7-5-14(6-8-15)9-11-17(3)4/h5-8,13H,9-12H2,1-4H3. The van der Waals surface area contributed by atoms with Gasteiger partial charge in [-0.05, 0) is 50.6 Å². The molecule has 106 valence electrons. The minimum Gasteiger partial charge on any atom is -0.462 e. The van der Waals surface area contributed by atoms with Gasteiger partial charge in [0.1, 0.15) is 0 Å². The van der Waals surface area contributed by atoms with Gasteiger partial charge in [0.15, 0.2) is 0 Å². The fourth-order valence-electron chi connectivity index (χ4n) is 1.63. The summed E-state index contributed by atoms with van der Waals surface area (Å²) in [4.78, 5) is 13.9. The lowest BCUT2D eigenvalue weighted by molar-refractivity contribution is 0.0488. The first-order valence-electron chi connectivity index (χ1n) is 6.90. The number of likely N-dealkylation sites (N-methyl/N-ethyl adjacent to an activating group) is 1. The van der Waals surface area contributed by atoms with E-state index in [1.807, 2.05) is 24.3 Å². The molecule has 3 nitrogen and oxygen atoms in total. The molecule has 0 spiro atoms. The van der Waals surface area contributed by atoms with E-state index in [1.165, 1.54) is 5.56 Å². The fraction of sp³-hybridized carbons (Fsp3) is 0.562. The Bertz CT molecular complexity index is 382. The molecule has 3 heteroatoms. The normalized spacial score (nSPS) is 11.1. The predicted octanol–water partition coefficient (Wildman–Crippen LogP) is 2.99. The number of rotatable bonds is 7. The summed E-state index contributed by atoms with van der Waals surface area (Å²) >= 11 is 0. The van der Waals surface area contributed by atoms with Gasteiger partial charge < -0.3 is 9.64 Å². The lowest BCUT2D eigenvalue weighted by Gasteiger charge is -2.10. The smallest absolute Gasteiger partial charge is 0.338 e. The number of carbonyl (C=O) groups is 1. The van der Waals surface area contributed by atoms with Gasteiger partial charge in [0, 0.05) is 6.54 Å². The van der Waals surface area contributed by atoms with E-state index < -0.39 is 0 Å². The molecule has 1 aromatic carbocycles. The third kappa shape index (κ3) is 6.39. The molecule has 0 bridgehead atoms. The van der Waals surface area contributed by atoms with Crippen molar-refractivity contribution >= 4 is 5.97 Å². The average Bonchev–Trinajstić information content (AvgIpc) is 2.36. The van der Waals surface area contributed by atoms with Gasteiger partial charge in [-0.3, -0.25) is 0 Å². The molecule has 0 saturated heterocycles. The molecule has 0 aliphatic heterocycles. The Labute approximate surface area is 116 Å². The second kappa shape index (κ2) is 7.95. The van der Waals surface area contributed by atoms with E-state index in [0.29, 0.717) is 18.1 Å². The molecule has 0 amide bonds. The zero-order valence-corrected chi connectivity index (χ0v) is 12.5. The molecule has 0 N–H and O–H groups in total. The van der Waals surface area contributed by atoms with Gasteiger partial charge in [-0.2, -0.15) is 0 Å². The summed E-state index contributed by atoms with van der Waals surface area (Å²) in [7, 11) is 4.11. The number of carbonyl (C=O) groups excluding carboxylic acids is 1. The van der Waals surface area contributed by atoms with Gasteiger partial charge in [0.25, 0.3) is 0 Å². The van der Waals surface area contributed by atoms with Crippen molar-refractivity contribution < 1.29 is 9.53 Å².